The Bertz CT molecular complexity index is 1540. The fraction of sp³-hybridized carbons (Fsp3) is 0.310. The highest BCUT2D eigenvalue weighted by Crippen LogP contribution is 2.42. The Labute approximate surface area is 227 Å². The van der Waals surface area contributed by atoms with Gasteiger partial charge < -0.3 is 21.8 Å². The van der Waals surface area contributed by atoms with Gasteiger partial charge in [0.2, 0.25) is 5.91 Å². The van der Waals surface area contributed by atoms with Crippen molar-refractivity contribution in [3.63, 3.8) is 0 Å². The van der Waals surface area contributed by atoms with Crippen LogP contribution in [-0.4, -0.2) is 28.0 Å². The molecule has 6 N–H and O–H groups in total. The fourth-order valence-corrected chi connectivity index (χ4v) is 4.68. The zero-order chi connectivity index (χ0) is 27.8. The number of hydrogen-bond donors (Lipinski definition) is 5. The van der Waals surface area contributed by atoms with E-state index >= 15 is 0 Å². The number of benzene rings is 2. The number of carbonyl (C=O) groups is 1. The lowest BCUT2D eigenvalue weighted by Gasteiger charge is -2.23. The maximum Gasteiger partial charge on any atom is 0.244 e. The van der Waals surface area contributed by atoms with E-state index in [1.807, 2.05) is 42.6 Å². The van der Waals surface area contributed by atoms with E-state index in [4.69, 9.17) is 5.73 Å². The quantitative estimate of drug-likeness (QED) is 0.298. The van der Waals surface area contributed by atoms with Crippen LogP contribution in [0.4, 0.5) is 11.4 Å². The Morgan fingerprint density at radius 3 is 2.51 bits per heavy atom. The van der Waals surface area contributed by atoms with Crippen molar-refractivity contribution in [1.29, 1.82) is 10.5 Å². The number of nitrogens with two attached hydrogens (primary N) is 1. The Balaban J connectivity index is 1.58. The lowest BCUT2D eigenvalue weighted by molar-refractivity contribution is -0.124. The van der Waals surface area contributed by atoms with Gasteiger partial charge in [-0.1, -0.05) is 51.1 Å². The molecule has 2 aliphatic rings. The average Bonchev–Trinajstić information content (AvgIpc) is 3.60. The van der Waals surface area contributed by atoms with Crippen LogP contribution in [-0.2, 0) is 4.79 Å². The number of hydrogen-bond acceptors (Lipinski definition) is 9. The first-order chi connectivity index (χ1) is 18.6. The number of amides is 1. The van der Waals surface area contributed by atoms with Crippen LogP contribution < -0.4 is 27.3 Å². The van der Waals surface area contributed by atoms with Crippen LogP contribution in [0.5, 0.6) is 0 Å². The molecule has 2 aromatic carbocycles. The van der Waals surface area contributed by atoms with Gasteiger partial charge in [-0.05, 0) is 36.0 Å². The molecule has 1 aliphatic heterocycles. The molecule has 3 aromatic rings. The Hall–Kier alpha value is -4.80. The number of aromatic nitrogens is 1. The molecule has 1 atom stereocenters. The van der Waals surface area contributed by atoms with Crippen LogP contribution in [0.1, 0.15) is 56.3 Å². The zero-order valence-corrected chi connectivity index (χ0v) is 22.2. The van der Waals surface area contributed by atoms with Crippen LogP contribution in [0.15, 0.2) is 60.6 Å². The number of fused-ring (bicyclic) bond motifs is 1. The molecular formula is C29H31N9O. The molecule has 39 heavy (non-hydrogen) atoms. The van der Waals surface area contributed by atoms with E-state index in [0.717, 1.165) is 11.3 Å². The van der Waals surface area contributed by atoms with Gasteiger partial charge in [-0.25, -0.2) is 0 Å². The van der Waals surface area contributed by atoms with Crippen molar-refractivity contribution in [2.75, 3.05) is 17.2 Å². The number of carbonyl (C=O) groups excluding carboxylic acids is 1. The van der Waals surface area contributed by atoms with E-state index < -0.39 is 5.54 Å². The van der Waals surface area contributed by atoms with Crippen molar-refractivity contribution >= 4 is 28.2 Å². The van der Waals surface area contributed by atoms with Gasteiger partial charge in [-0.15, -0.1) is 5.53 Å². The summed E-state index contributed by atoms with van der Waals surface area (Å²) < 4.78 is 0. The summed E-state index contributed by atoms with van der Waals surface area (Å²) in [7, 11) is 0. The molecular weight excluding hydrogens is 490 g/mol. The molecule has 2 heterocycles. The molecule has 1 fully saturated rings. The maximum absolute atomic E-state index is 12.1. The van der Waals surface area contributed by atoms with E-state index in [9.17, 15) is 15.3 Å². The molecule has 0 bridgehead atoms. The molecule has 198 valence electrons. The van der Waals surface area contributed by atoms with Gasteiger partial charge >= 0.3 is 0 Å². The molecule has 1 aromatic heterocycles. The molecule has 1 aliphatic carbocycles. The number of nitrogens with zero attached hydrogens (tertiary/aromatic N) is 4. The highest BCUT2D eigenvalue weighted by molar-refractivity contribution is 5.99. The van der Waals surface area contributed by atoms with Crippen LogP contribution in [0.3, 0.4) is 0 Å². The van der Waals surface area contributed by atoms with Crippen LogP contribution in [0.2, 0.25) is 0 Å². The largest absolute Gasteiger partial charge is 0.383 e. The predicted molar refractivity (Wildman–Crippen MR) is 149 cm³/mol. The minimum absolute atomic E-state index is 0.0298. The number of nitrogens with one attached hydrogen (secondary N) is 4. The van der Waals surface area contributed by atoms with Gasteiger partial charge in [-0.3, -0.25) is 14.8 Å². The van der Waals surface area contributed by atoms with Gasteiger partial charge in [-0.2, -0.15) is 10.5 Å². The topological polar surface area (TPSA) is 155 Å². The summed E-state index contributed by atoms with van der Waals surface area (Å²) in [4.78, 5) is 16.6. The number of rotatable bonds is 8. The summed E-state index contributed by atoms with van der Waals surface area (Å²) in [5.74, 6) is -0.372. The first-order valence-corrected chi connectivity index (χ1v) is 12.8. The van der Waals surface area contributed by atoms with E-state index in [1.165, 1.54) is 6.20 Å². The Morgan fingerprint density at radius 2 is 1.90 bits per heavy atom. The highest BCUT2D eigenvalue weighted by Gasteiger charge is 2.54. The Kier molecular flexibility index (Phi) is 6.51. The van der Waals surface area contributed by atoms with Crippen LogP contribution >= 0.6 is 0 Å². The van der Waals surface area contributed by atoms with Gasteiger partial charge in [0.15, 0.2) is 0 Å². The summed E-state index contributed by atoms with van der Waals surface area (Å²) in [6.07, 6.45) is 4.73. The molecule has 5 rings (SSSR count). The molecule has 1 saturated carbocycles. The summed E-state index contributed by atoms with van der Waals surface area (Å²) in [6, 6.07) is 17.7. The van der Waals surface area contributed by atoms with Crippen LogP contribution in [0, 0.1) is 28.1 Å². The van der Waals surface area contributed by atoms with Gasteiger partial charge in [0, 0.05) is 30.0 Å². The van der Waals surface area contributed by atoms with E-state index in [-0.39, 0.29) is 17.4 Å². The van der Waals surface area contributed by atoms with Crippen molar-refractivity contribution in [2.45, 2.75) is 45.2 Å². The number of anilines is 2. The third kappa shape index (κ3) is 5.02. The van der Waals surface area contributed by atoms with Crippen molar-refractivity contribution < 1.29 is 4.79 Å². The molecule has 10 heteroatoms. The van der Waals surface area contributed by atoms with Crippen molar-refractivity contribution in [2.24, 2.45) is 11.1 Å². The second-order valence-electron chi connectivity index (χ2n) is 11.2. The first kappa shape index (κ1) is 25.8. The number of primary amides is 1. The van der Waals surface area contributed by atoms with E-state index in [2.05, 4.69) is 59.5 Å². The normalized spacial score (nSPS) is 16.4. The van der Waals surface area contributed by atoms with Crippen molar-refractivity contribution in [3.05, 3.63) is 77.2 Å². The number of nitriles is 2. The second-order valence-corrected chi connectivity index (χ2v) is 11.2. The standard InChI is InChI=1S/C29H31N9O/c1-28(2,3)17-34-25-20(14-31)15-33-24-19(13-30)11-21(12-22(24)25)35-26(18-7-5-4-6-8-18)23-16-38(37-36-23)29(9-10-29)27(32)39/h4-8,11-12,15-16,26,35-37H,9-10,17H2,1-3H3,(H2,32,39)(H,33,34)/t26-/m0/s1. The molecule has 0 spiro atoms. The fourth-order valence-electron chi connectivity index (χ4n) is 4.68. The minimum Gasteiger partial charge on any atom is -0.383 e. The number of pyridine rings is 1. The van der Waals surface area contributed by atoms with E-state index in [0.29, 0.717) is 52.8 Å². The smallest absolute Gasteiger partial charge is 0.244 e. The van der Waals surface area contributed by atoms with Gasteiger partial charge in [0.25, 0.3) is 0 Å². The third-order valence-corrected chi connectivity index (χ3v) is 6.99. The second kappa shape index (κ2) is 9.82. The third-order valence-electron chi connectivity index (χ3n) is 6.99. The summed E-state index contributed by atoms with van der Waals surface area (Å²) in [6.45, 7) is 6.96. The monoisotopic (exact) mass is 521 g/mol. The van der Waals surface area contributed by atoms with Gasteiger partial charge in [0.1, 0.15) is 17.7 Å². The lowest BCUT2D eigenvalue weighted by atomic mass is 9.96. The summed E-state index contributed by atoms with van der Waals surface area (Å²) in [5.41, 5.74) is 15.6. The summed E-state index contributed by atoms with van der Waals surface area (Å²) in [5, 5.41) is 29.2. The molecule has 0 radical (unpaired) electrons. The molecule has 10 nitrogen and oxygen atoms in total. The van der Waals surface area contributed by atoms with E-state index in [1.54, 1.807) is 11.1 Å². The molecule has 1 amide bonds. The van der Waals surface area contributed by atoms with Crippen molar-refractivity contribution in [3.8, 4) is 12.1 Å². The molecule has 0 saturated heterocycles. The SMILES string of the molecule is CC(C)(C)CNc1c(C#N)cnc2c(C#N)cc(N[C@H](C3=CN(C4(C(N)=O)CC4)NN3)c3ccccc3)cc12. The van der Waals surface area contributed by atoms with Crippen LogP contribution in [0.25, 0.3) is 10.9 Å². The first-order valence-electron chi connectivity index (χ1n) is 12.8. The van der Waals surface area contributed by atoms with Gasteiger partial charge in [0.05, 0.1) is 34.1 Å². The predicted octanol–water partition coefficient (Wildman–Crippen LogP) is 3.77. The summed E-state index contributed by atoms with van der Waals surface area (Å²) >= 11 is 0. The zero-order valence-electron chi connectivity index (χ0n) is 22.2. The maximum atomic E-state index is 12.1. The molecule has 0 unspecified atom stereocenters. The number of hydrazine groups is 2. The Morgan fingerprint density at radius 1 is 1.18 bits per heavy atom. The van der Waals surface area contributed by atoms with Crippen molar-refractivity contribution in [1.82, 2.24) is 21.0 Å². The highest BCUT2D eigenvalue weighted by atomic mass is 16.2. The minimum atomic E-state index is -0.736. The lowest BCUT2D eigenvalue weighted by Crippen LogP contribution is -2.51. The average molecular weight is 522 g/mol.